The quantitative estimate of drug-likeness (QED) is 0.106. The minimum absolute atomic E-state index is 0.347. The molecule has 0 aliphatic heterocycles. The smallest absolute Gasteiger partial charge is 0.172 e. The molecule has 0 fully saturated rings. The van der Waals surface area contributed by atoms with Crippen molar-refractivity contribution in [1.29, 1.82) is 0 Å². The number of quaternary nitrogens is 2. The van der Waals surface area contributed by atoms with E-state index >= 15 is 0 Å². The summed E-state index contributed by atoms with van der Waals surface area (Å²) < 4.78 is 103. The van der Waals surface area contributed by atoms with Crippen molar-refractivity contribution in [3.63, 3.8) is 0 Å². The number of rotatable bonds is 9. The van der Waals surface area contributed by atoms with E-state index < -0.39 is 63.4 Å². The summed E-state index contributed by atoms with van der Waals surface area (Å²) in [6, 6.07) is 73.2. The van der Waals surface area contributed by atoms with E-state index in [2.05, 4.69) is 157 Å². The molecule has 12 nitrogen and oxygen atoms in total. The van der Waals surface area contributed by atoms with Gasteiger partial charge in [0.05, 0.1) is 9.79 Å². The third kappa shape index (κ3) is 23.6. The Kier molecular flexibility index (Phi) is 29.0. The summed E-state index contributed by atoms with van der Waals surface area (Å²) in [5, 5.41) is 0. The predicted octanol–water partition coefficient (Wildman–Crippen LogP) is 7.58. The molecule has 406 valence electrons. The van der Waals surface area contributed by atoms with Gasteiger partial charge in [0.15, 0.2) is 11.1 Å². The molecular formula is C58H68N2O10S6. The second-order valence-corrected chi connectivity index (χ2v) is 25.6. The third-order valence-electron chi connectivity index (χ3n) is 10.2. The van der Waals surface area contributed by atoms with Gasteiger partial charge < -0.3 is 20.6 Å². The molecule has 0 atom stereocenters. The molecule has 0 amide bonds. The lowest BCUT2D eigenvalue weighted by atomic mass is 9.78. The topological polar surface area (TPSA) is 238 Å². The van der Waals surface area contributed by atoms with Crippen LogP contribution in [0, 0.1) is 0 Å². The molecule has 0 saturated carbocycles. The molecule has 8 aromatic rings. The molecule has 0 aromatic heterocycles. The van der Waals surface area contributed by atoms with Gasteiger partial charge in [-0.3, -0.25) is 16.8 Å². The first-order valence-corrected chi connectivity index (χ1v) is 33.6. The van der Waals surface area contributed by atoms with Crippen LogP contribution in [0.15, 0.2) is 240 Å². The lowest BCUT2D eigenvalue weighted by Crippen LogP contribution is -2.71. The zero-order valence-corrected chi connectivity index (χ0v) is 48.8. The van der Waals surface area contributed by atoms with E-state index in [1.807, 2.05) is 36.4 Å². The highest BCUT2D eigenvalue weighted by molar-refractivity contribution is 7.86. The van der Waals surface area contributed by atoms with Gasteiger partial charge in [-0.05, 0) is 35.4 Å². The van der Waals surface area contributed by atoms with Crippen LogP contribution in [0.2, 0.25) is 0 Å². The lowest BCUT2D eigenvalue weighted by Gasteiger charge is -2.27. The van der Waals surface area contributed by atoms with E-state index in [1.54, 1.807) is 50.0 Å². The minimum Gasteiger partial charge on any atom is -0.744 e. The molecule has 6 N–H and O–H groups in total. The van der Waals surface area contributed by atoms with Gasteiger partial charge in [0.2, 0.25) is 0 Å². The molecule has 0 unspecified atom stereocenters. The van der Waals surface area contributed by atoms with Crippen molar-refractivity contribution in [2.24, 2.45) is 0 Å². The molecule has 0 saturated heterocycles. The van der Waals surface area contributed by atoms with Crippen LogP contribution >= 0.6 is 0 Å². The Labute approximate surface area is 460 Å². The molecule has 18 heteroatoms. The van der Waals surface area contributed by atoms with E-state index in [0.29, 0.717) is 11.1 Å². The SMILES string of the molecule is CS(C)=O.CS(C)=O.CS(C)=O.CS(C)=O.O=S(=O)([O-])c1ccc(-c2ccc(S(=O)(=O)[O-])cc2)cc1.[NH3+]C(c1ccccc1)(c1ccccc1)c1ccccc1.[NH3+]C(c1ccccc1)(c1ccccc1)c1ccccc1. The summed E-state index contributed by atoms with van der Waals surface area (Å²) in [4.78, 5) is -0.694. The van der Waals surface area contributed by atoms with E-state index in [9.17, 15) is 42.8 Å². The third-order valence-corrected chi connectivity index (χ3v) is 11.9. The first-order valence-electron chi connectivity index (χ1n) is 22.9. The number of hydrogen-bond donors (Lipinski definition) is 2. The Hall–Kier alpha value is -5.90. The fraction of sp³-hybridized carbons (Fsp3) is 0.172. The van der Waals surface area contributed by atoms with Gasteiger partial charge in [0, 0.05) is 127 Å². The Morgan fingerprint density at radius 2 is 0.421 bits per heavy atom. The molecular weight excluding hydrogens is 1080 g/mol. The van der Waals surface area contributed by atoms with Crippen LogP contribution in [-0.4, -0.2) is 92.8 Å². The van der Waals surface area contributed by atoms with Crippen LogP contribution in [0.5, 0.6) is 0 Å². The minimum atomic E-state index is -4.50. The molecule has 0 bridgehead atoms. The standard InChI is InChI=1S/2C19H17N.C12H10O6S2.4C2H6OS/c2*20-19(16-10-4-1-5-11-16,17-12-6-2-7-13-17)18-14-8-3-9-15-18;13-19(14,15)11-5-1-9(2-6-11)10-3-7-12(8-4-10)20(16,17)18;4*1-4(2)3/h2*1-15H,20H2;1-8H,(H,13,14,15)(H,16,17,18);4*1-2H3. The van der Waals surface area contributed by atoms with Gasteiger partial charge in [-0.2, -0.15) is 0 Å². The highest BCUT2D eigenvalue weighted by Gasteiger charge is 2.36. The maximum Gasteiger partial charge on any atom is 0.172 e. The van der Waals surface area contributed by atoms with E-state index in [4.69, 9.17) is 0 Å². The Morgan fingerprint density at radius 3 is 0.539 bits per heavy atom. The molecule has 0 heterocycles. The summed E-state index contributed by atoms with van der Waals surface area (Å²) in [5.74, 6) is 0. The van der Waals surface area contributed by atoms with Crippen LogP contribution in [0.1, 0.15) is 33.4 Å². The van der Waals surface area contributed by atoms with Gasteiger partial charge in [-0.25, -0.2) is 16.8 Å². The highest BCUT2D eigenvalue weighted by atomic mass is 32.2. The van der Waals surface area contributed by atoms with Gasteiger partial charge in [0.1, 0.15) is 20.2 Å². The van der Waals surface area contributed by atoms with Gasteiger partial charge in [0.25, 0.3) is 0 Å². The Bertz CT molecular complexity index is 2780. The van der Waals surface area contributed by atoms with E-state index in [-0.39, 0.29) is 20.9 Å². The second-order valence-electron chi connectivity index (χ2n) is 16.9. The van der Waals surface area contributed by atoms with Crippen molar-refractivity contribution in [3.8, 4) is 11.1 Å². The number of hydrogen-bond acceptors (Lipinski definition) is 10. The van der Waals surface area contributed by atoms with Crippen molar-refractivity contribution in [1.82, 2.24) is 0 Å². The molecule has 0 radical (unpaired) electrons. The molecule has 0 aliphatic rings. The Balaban J connectivity index is 0.000000341. The summed E-state index contributed by atoms with van der Waals surface area (Å²) in [6.07, 6.45) is 13.1. The van der Waals surface area contributed by atoms with Crippen LogP contribution < -0.4 is 11.5 Å². The highest BCUT2D eigenvalue weighted by Crippen LogP contribution is 2.33. The molecule has 0 aliphatic carbocycles. The van der Waals surface area contributed by atoms with Crippen LogP contribution in [-0.2, 0) is 74.5 Å². The normalized spacial score (nSPS) is 11.0. The van der Waals surface area contributed by atoms with Gasteiger partial charge in [-0.1, -0.05) is 206 Å². The summed E-state index contributed by atoms with van der Waals surface area (Å²) in [7, 11) is -11.4. The van der Waals surface area contributed by atoms with Crippen molar-refractivity contribution < 1.29 is 54.2 Å². The average molecular weight is 1150 g/mol. The summed E-state index contributed by atoms with van der Waals surface area (Å²) >= 11 is 0. The molecule has 8 rings (SSSR count). The van der Waals surface area contributed by atoms with Gasteiger partial charge in [-0.15, -0.1) is 0 Å². The zero-order valence-electron chi connectivity index (χ0n) is 43.9. The van der Waals surface area contributed by atoms with Crippen LogP contribution in [0.3, 0.4) is 0 Å². The van der Waals surface area contributed by atoms with Crippen LogP contribution in [0.25, 0.3) is 11.1 Å². The van der Waals surface area contributed by atoms with Crippen molar-refractivity contribution in [3.05, 3.63) is 264 Å². The fourth-order valence-corrected chi connectivity index (χ4v) is 7.90. The number of benzene rings is 8. The maximum atomic E-state index is 10.8. The molecule has 76 heavy (non-hydrogen) atoms. The van der Waals surface area contributed by atoms with Crippen LogP contribution in [0.4, 0.5) is 0 Å². The summed E-state index contributed by atoms with van der Waals surface area (Å²) in [6.45, 7) is 0. The van der Waals surface area contributed by atoms with Gasteiger partial charge >= 0.3 is 0 Å². The lowest BCUT2D eigenvalue weighted by molar-refractivity contribution is -0.455. The van der Waals surface area contributed by atoms with E-state index in [1.165, 1.54) is 57.6 Å². The fourth-order valence-electron chi connectivity index (χ4n) is 6.96. The summed E-state index contributed by atoms with van der Waals surface area (Å²) in [5.41, 5.74) is 16.8. The Morgan fingerprint density at radius 1 is 0.289 bits per heavy atom. The monoisotopic (exact) mass is 1140 g/mol. The maximum absolute atomic E-state index is 10.8. The molecule has 0 spiro atoms. The van der Waals surface area contributed by atoms with E-state index in [0.717, 1.165) is 24.3 Å². The first-order chi connectivity index (χ1) is 35.7. The first kappa shape index (κ1) is 66.2. The van der Waals surface area contributed by atoms with Crippen molar-refractivity contribution in [2.75, 3.05) is 50.0 Å². The second kappa shape index (κ2) is 33.3. The average Bonchev–Trinajstić information content (AvgIpc) is 3.39. The largest absolute Gasteiger partial charge is 0.744 e. The predicted molar refractivity (Wildman–Crippen MR) is 312 cm³/mol. The molecule has 8 aromatic carbocycles. The van der Waals surface area contributed by atoms with Crippen molar-refractivity contribution in [2.45, 2.75) is 20.9 Å². The van der Waals surface area contributed by atoms with Crippen molar-refractivity contribution >= 4 is 63.4 Å². The zero-order chi connectivity index (χ0) is 57.0.